The molecule has 0 saturated heterocycles. The summed E-state index contributed by atoms with van der Waals surface area (Å²) in [7, 11) is 0. The van der Waals surface area contributed by atoms with Crippen LogP contribution in [0.15, 0.2) is 47.1 Å². The molecule has 0 amide bonds. The Morgan fingerprint density at radius 2 is 2.00 bits per heavy atom. The van der Waals surface area contributed by atoms with E-state index >= 15 is 0 Å². The summed E-state index contributed by atoms with van der Waals surface area (Å²) < 4.78 is 17.1. The molecule has 0 spiro atoms. The van der Waals surface area contributed by atoms with Gasteiger partial charge >= 0.3 is 5.97 Å². The van der Waals surface area contributed by atoms with Crippen molar-refractivity contribution in [2.45, 2.75) is 64.2 Å². The molecule has 2 heterocycles. The van der Waals surface area contributed by atoms with Crippen LogP contribution in [0.1, 0.15) is 46.5 Å². The number of esters is 1. The Kier molecular flexibility index (Phi) is 6.23. The molecule has 31 heavy (non-hydrogen) atoms. The first kappa shape index (κ1) is 21.3. The molecule has 1 aliphatic carbocycles. The summed E-state index contributed by atoms with van der Waals surface area (Å²) in [6.45, 7) is 5.54. The minimum atomic E-state index is -0.501. The van der Waals surface area contributed by atoms with Gasteiger partial charge in [-0.15, -0.1) is 0 Å². The molecule has 0 radical (unpaired) electrons. The van der Waals surface area contributed by atoms with Gasteiger partial charge in [0.1, 0.15) is 30.1 Å². The third-order valence-corrected chi connectivity index (χ3v) is 5.21. The van der Waals surface area contributed by atoms with Gasteiger partial charge in [0, 0.05) is 11.6 Å². The number of benzene rings is 1. The monoisotopic (exact) mass is 423 g/mol. The molecular formula is C24H29N3O4. The molecule has 1 N–H and O–H groups in total. The van der Waals surface area contributed by atoms with Crippen molar-refractivity contribution in [2.24, 2.45) is 0 Å². The van der Waals surface area contributed by atoms with Crippen LogP contribution in [-0.4, -0.2) is 40.3 Å². The second kappa shape index (κ2) is 9.06. The van der Waals surface area contributed by atoms with E-state index in [-0.39, 0.29) is 24.7 Å². The number of nitrogens with zero attached hydrogens (tertiary/aromatic N) is 2. The largest absolute Gasteiger partial charge is 0.458 e. The first-order valence-electron chi connectivity index (χ1n) is 10.8. The number of aromatic nitrogens is 2. The molecule has 164 valence electrons. The van der Waals surface area contributed by atoms with Crippen molar-refractivity contribution >= 4 is 22.9 Å². The lowest BCUT2D eigenvalue weighted by Crippen LogP contribution is -2.34. The van der Waals surface area contributed by atoms with Crippen molar-refractivity contribution in [1.82, 2.24) is 9.97 Å². The van der Waals surface area contributed by atoms with Crippen molar-refractivity contribution < 1.29 is 18.7 Å². The number of anilines is 1. The molecule has 2 atom stereocenters. The van der Waals surface area contributed by atoms with Crippen molar-refractivity contribution in [3.8, 4) is 11.3 Å². The van der Waals surface area contributed by atoms with E-state index in [2.05, 4.69) is 15.3 Å². The molecule has 0 aliphatic heterocycles. The molecule has 7 heteroatoms. The number of hydrogen-bond donors (Lipinski definition) is 1. The highest BCUT2D eigenvalue weighted by Gasteiger charge is 2.25. The first-order valence-corrected chi connectivity index (χ1v) is 10.8. The van der Waals surface area contributed by atoms with Gasteiger partial charge in [0.2, 0.25) is 5.71 Å². The fourth-order valence-electron chi connectivity index (χ4n) is 3.89. The highest BCUT2D eigenvalue weighted by atomic mass is 16.6. The molecule has 0 unspecified atom stereocenters. The van der Waals surface area contributed by atoms with Crippen LogP contribution in [-0.2, 0) is 14.3 Å². The van der Waals surface area contributed by atoms with Crippen LogP contribution >= 0.6 is 0 Å². The van der Waals surface area contributed by atoms with Gasteiger partial charge in [-0.25, -0.2) is 14.8 Å². The average molecular weight is 424 g/mol. The van der Waals surface area contributed by atoms with E-state index in [1.165, 1.54) is 6.33 Å². The fraction of sp³-hybridized carbons (Fsp3) is 0.458. The maximum absolute atomic E-state index is 11.9. The predicted molar refractivity (Wildman–Crippen MR) is 119 cm³/mol. The van der Waals surface area contributed by atoms with Crippen LogP contribution in [0.25, 0.3) is 22.4 Å². The lowest BCUT2D eigenvalue weighted by molar-refractivity contribution is -0.162. The number of fused-ring (bicyclic) bond motifs is 1. The number of carbonyl (C=O) groups is 1. The number of ether oxygens (including phenoxy) is 2. The van der Waals surface area contributed by atoms with E-state index in [9.17, 15) is 4.79 Å². The number of carbonyl (C=O) groups excluding carboxylic acids is 1. The Labute approximate surface area is 182 Å². The van der Waals surface area contributed by atoms with Gasteiger partial charge in [-0.2, -0.15) is 0 Å². The van der Waals surface area contributed by atoms with Gasteiger partial charge in [-0.3, -0.25) is 0 Å². The molecule has 0 bridgehead atoms. The molecule has 1 saturated carbocycles. The number of furan rings is 1. The summed E-state index contributed by atoms with van der Waals surface area (Å²) in [5, 5.41) is 4.40. The summed E-state index contributed by atoms with van der Waals surface area (Å²) in [6, 6.07) is 12.1. The second-order valence-electron chi connectivity index (χ2n) is 8.95. The highest BCUT2D eigenvalue weighted by molar-refractivity contribution is 5.89. The Hall–Kier alpha value is -2.93. The second-order valence-corrected chi connectivity index (χ2v) is 8.95. The lowest BCUT2D eigenvalue weighted by Gasteiger charge is -2.30. The smallest absolute Gasteiger partial charge is 0.332 e. The third-order valence-electron chi connectivity index (χ3n) is 5.21. The maximum Gasteiger partial charge on any atom is 0.332 e. The van der Waals surface area contributed by atoms with Crippen molar-refractivity contribution in [1.29, 1.82) is 0 Å². The Bertz CT molecular complexity index is 1030. The standard InChI is InChI=1S/C24H29N3O4/c1-24(2,3)31-21(28)14-29-18-11-7-10-17(12-18)27-22-19-13-20(16-8-5-4-6-9-16)30-23(19)26-15-25-22/h4-6,8-9,13,15,17-18H,7,10-12,14H2,1-3H3,(H,25,26,27)/t17-,18+/m0/s1. The zero-order valence-electron chi connectivity index (χ0n) is 18.3. The van der Waals surface area contributed by atoms with Gasteiger partial charge in [0.05, 0.1) is 11.5 Å². The normalized spacial score (nSPS) is 19.3. The van der Waals surface area contributed by atoms with Crippen LogP contribution < -0.4 is 5.32 Å². The van der Waals surface area contributed by atoms with Crippen LogP contribution in [0.4, 0.5) is 5.82 Å². The zero-order chi connectivity index (χ0) is 21.8. The van der Waals surface area contributed by atoms with Crippen LogP contribution in [0, 0.1) is 0 Å². The summed E-state index contributed by atoms with van der Waals surface area (Å²) in [6.07, 6.45) is 5.30. The minimum absolute atomic E-state index is 0.0142. The van der Waals surface area contributed by atoms with Crippen molar-refractivity contribution in [3.05, 3.63) is 42.7 Å². The SMILES string of the molecule is CC(C)(C)OC(=O)CO[C@@H]1CCC[C@H](Nc2ncnc3oc(-c4ccccc4)cc23)C1. The molecular weight excluding hydrogens is 394 g/mol. The minimum Gasteiger partial charge on any atom is -0.458 e. The van der Waals surface area contributed by atoms with Crippen LogP contribution in [0.5, 0.6) is 0 Å². The van der Waals surface area contributed by atoms with Crippen molar-refractivity contribution in [2.75, 3.05) is 11.9 Å². The van der Waals surface area contributed by atoms with Gasteiger partial charge in [0.25, 0.3) is 0 Å². The summed E-state index contributed by atoms with van der Waals surface area (Å²) in [5.41, 5.74) is 1.06. The van der Waals surface area contributed by atoms with Gasteiger partial charge in [-0.1, -0.05) is 30.3 Å². The van der Waals surface area contributed by atoms with Crippen LogP contribution in [0.3, 0.4) is 0 Å². The quantitative estimate of drug-likeness (QED) is 0.560. The molecule has 7 nitrogen and oxygen atoms in total. The van der Waals surface area contributed by atoms with Crippen molar-refractivity contribution in [3.63, 3.8) is 0 Å². The molecule has 3 aromatic rings. The maximum atomic E-state index is 11.9. The molecule has 4 rings (SSSR count). The number of hydrogen-bond acceptors (Lipinski definition) is 7. The fourth-order valence-corrected chi connectivity index (χ4v) is 3.89. The highest BCUT2D eigenvalue weighted by Crippen LogP contribution is 2.31. The van der Waals surface area contributed by atoms with E-state index < -0.39 is 5.60 Å². The Morgan fingerprint density at radius 1 is 1.19 bits per heavy atom. The molecule has 1 aromatic carbocycles. The topological polar surface area (TPSA) is 86.5 Å². The molecule has 1 fully saturated rings. The predicted octanol–water partition coefficient (Wildman–Crippen LogP) is 4.97. The number of rotatable bonds is 6. The van der Waals surface area contributed by atoms with Gasteiger partial charge in [0.15, 0.2) is 0 Å². The Balaban J connectivity index is 1.40. The van der Waals surface area contributed by atoms with E-state index in [1.54, 1.807) is 0 Å². The van der Waals surface area contributed by atoms with Gasteiger partial charge in [-0.05, 0) is 52.5 Å². The lowest BCUT2D eigenvalue weighted by atomic mass is 9.92. The summed E-state index contributed by atoms with van der Waals surface area (Å²) >= 11 is 0. The zero-order valence-corrected chi connectivity index (χ0v) is 18.3. The van der Waals surface area contributed by atoms with Crippen LogP contribution in [0.2, 0.25) is 0 Å². The Morgan fingerprint density at radius 3 is 2.77 bits per heavy atom. The molecule has 1 aliphatic rings. The summed E-state index contributed by atoms with van der Waals surface area (Å²) in [4.78, 5) is 20.7. The average Bonchev–Trinajstić information content (AvgIpc) is 3.18. The third kappa shape index (κ3) is 5.61. The van der Waals surface area contributed by atoms with E-state index in [0.717, 1.165) is 48.2 Å². The van der Waals surface area contributed by atoms with E-state index in [4.69, 9.17) is 13.9 Å². The number of nitrogens with one attached hydrogen (secondary N) is 1. The summed E-state index contributed by atoms with van der Waals surface area (Å²) in [5.74, 6) is 1.20. The van der Waals surface area contributed by atoms with E-state index in [0.29, 0.717) is 5.71 Å². The van der Waals surface area contributed by atoms with Gasteiger partial charge < -0.3 is 19.2 Å². The molecule has 2 aromatic heterocycles. The first-order chi connectivity index (χ1) is 14.9. The van der Waals surface area contributed by atoms with E-state index in [1.807, 2.05) is 57.2 Å².